The molecule has 3 heteroatoms. The van der Waals surface area contributed by atoms with Crippen LogP contribution in [0.15, 0.2) is 11.0 Å². The smallest absolute Gasteiger partial charge is 0.299 e. The van der Waals surface area contributed by atoms with E-state index in [0.717, 1.165) is 45.2 Å². The van der Waals surface area contributed by atoms with Gasteiger partial charge < -0.3 is 0 Å². The van der Waals surface area contributed by atoms with Gasteiger partial charge in [-0.3, -0.25) is 9.13 Å². The van der Waals surface area contributed by atoms with Crippen LogP contribution in [0.4, 0.5) is 0 Å². The van der Waals surface area contributed by atoms with Crippen molar-refractivity contribution in [2.24, 2.45) is 0 Å². The van der Waals surface area contributed by atoms with Crippen LogP contribution in [0.5, 0.6) is 0 Å². The molecule has 3 nitrogen and oxygen atoms in total. The summed E-state index contributed by atoms with van der Waals surface area (Å²) in [6.45, 7) is 8.16. The predicted molar refractivity (Wildman–Crippen MR) is 67.9 cm³/mol. The summed E-state index contributed by atoms with van der Waals surface area (Å²) in [4.78, 5) is 12.1. The van der Waals surface area contributed by atoms with Gasteiger partial charge in [-0.25, -0.2) is 4.79 Å². The van der Waals surface area contributed by atoms with E-state index in [4.69, 9.17) is 0 Å². The monoisotopic (exact) mass is 224 g/mol. The van der Waals surface area contributed by atoms with Crippen molar-refractivity contribution < 1.29 is 0 Å². The molecular weight excluding hydrogens is 200 g/mol. The van der Waals surface area contributed by atoms with E-state index in [2.05, 4.69) is 20.8 Å². The van der Waals surface area contributed by atoms with Gasteiger partial charge in [0.2, 0.25) is 0 Å². The molecule has 0 aliphatic rings. The van der Waals surface area contributed by atoms with Crippen LogP contribution in [0.1, 0.15) is 52.1 Å². The standard InChI is InChI=1S/C13H24N2O/c1-4-7-9-14-11-12(6-3)15(13(14)16)10-8-5-2/h11H,4-10H2,1-3H3. The van der Waals surface area contributed by atoms with Crippen LogP contribution in [0.25, 0.3) is 0 Å². The van der Waals surface area contributed by atoms with Crippen LogP contribution in [0, 0.1) is 0 Å². The molecule has 0 aromatic carbocycles. The molecule has 0 aliphatic carbocycles. The highest BCUT2D eigenvalue weighted by Gasteiger charge is 2.08. The SMILES string of the molecule is CCCCn1cc(CC)n(CCCC)c1=O. The zero-order valence-corrected chi connectivity index (χ0v) is 10.8. The third kappa shape index (κ3) is 3.00. The zero-order valence-electron chi connectivity index (χ0n) is 10.8. The predicted octanol–water partition coefficient (Wildman–Crippen LogP) is 2.81. The van der Waals surface area contributed by atoms with E-state index in [-0.39, 0.29) is 5.69 Å². The number of hydrogen-bond acceptors (Lipinski definition) is 1. The number of nitrogens with zero attached hydrogens (tertiary/aromatic N) is 2. The van der Waals surface area contributed by atoms with E-state index in [1.807, 2.05) is 15.3 Å². The first kappa shape index (κ1) is 13.1. The van der Waals surface area contributed by atoms with Gasteiger partial charge in [-0.05, 0) is 19.3 Å². The summed E-state index contributed by atoms with van der Waals surface area (Å²) in [5, 5.41) is 0. The number of imidazole rings is 1. The van der Waals surface area contributed by atoms with Crippen molar-refractivity contribution in [1.82, 2.24) is 9.13 Å². The Morgan fingerprint density at radius 2 is 1.69 bits per heavy atom. The average molecular weight is 224 g/mol. The molecule has 0 aliphatic heterocycles. The molecule has 1 rings (SSSR count). The van der Waals surface area contributed by atoms with Crippen LogP contribution >= 0.6 is 0 Å². The second-order valence-corrected chi connectivity index (χ2v) is 4.31. The Bertz CT molecular complexity index is 362. The molecule has 0 spiro atoms. The van der Waals surface area contributed by atoms with E-state index in [1.165, 1.54) is 5.69 Å². The molecule has 0 radical (unpaired) electrons. The molecule has 0 unspecified atom stereocenters. The minimum Gasteiger partial charge on any atom is -0.299 e. The Morgan fingerprint density at radius 1 is 1.06 bits per heavy atom. The van der Waals surface area contributed by atoms with Crippen molar-refractivity contribution in [3.8, 4) is 0 Å². The molecular formula is C13H24N2O. The minimum absolute atomic E-state index is 0.179. The molecule has 1 aromatic heterocycles. The minimum atomic E-state index is 0.179. The van der Waals surface area contributed by atoms with Gasteiger partial charge in [-0.15, -0.1) is 0 Å². The topological polar surface area (TPSA) is 26.9 Å². The lowest BCUT2D eigenvalue weighted by molar-refractivity contribution is 0.556. The van der Waals surface area contributed by atoms with Crippen molar-refractivity contribution in [2.45, 2.75) is 66.0 Å². The fourth-order valence-corrected chi connectivity index (χ4v) is 1.91. The molecule has 0 amide bonds. The van der Waals surface area contributed by atoms with Crippen molar-refractivity contribution in [2.75, 3.05) is 0 Å². The number of aromatic nitrogens is 2. The van der Waals surface area contributed by atoms with Crippen LogP contribution < -0.4 is 5.69 Å². The maximum absolute atomic E-state index is 12.1. The van der Waals surface area contributed by atoms with Crippen LogP contribution in [-0.2, 0) is 19.5 Å². The first-order chi connectivity index (χ1) is 7.74. The van der Waals surface area contributed by atoms with E-state index >= 15 is 0 Å². The van der Waals surface area contributed by atoms with Gasteiger partial charge in [0.05, 0.1) is 0 Å². The molecule has 1 heterocycles. The molecule has 0 fully saturated rings. The summed E-state index contributed by atoms with van der Waals surface area (Å²) in [6.07, 6.45) is 7.42. The third-order valence-electron chi connectivity index (χ3n) is 2.98. The molecule has 16 heavy (non-hydrogen) atoms. The maximum atomic E-state index is 12.1. The fraction of sp³-hybridized carbons (Fsp3) is 0.769. The molecule has 0 saturated heterocycles. The highest BCUT2D eigenvalue weighted by molar-refractivity contribution is 5.00. The maximum Gasteiger partial charge on any atom is 0.328 e. The Labute approximate surface area is 98.1 Å². The number of hydrogen-bond donors (Lipinski definition) is 0. The van der Waals surface area contributed by atoms with Gasteiger partial charge in [0.15, 0.2) is 0 Å². The Balaban J connectivity index is 2.87. The van der Waals surface area contributed by atoms with Gasteiger partial charge in [0, 0.05) is 25.0 Å². The van der Waals surface area contributed by atoms with Gasteiger partial charge in [-0.1, -0.05) is 33.6 Å². The van der Waals surface area contributed by atoms with Crippen LogP contribution in [-0.4, -0.2) is 9.13 Å². The number of aryl methyl sites for hydroxylation is 2. The van der Waals surface area contributed by atoms with Crippen molar-refractivity contribution in [1.29, 1.82) is 0 Å². The average Bonchev–Trinajstić information content (AvgIpc) is 2.60. The third-order valence-corrected chi connectivity index (χ3v) is 2.98. The Kier molecular flexibility index (Phi) is 5.36. The van der Waals surface area contributed by atoms with Gasteiger partial charge in [0.1, 0.15) is 0 Å². The lowest BCUT2D eigenvalue weighted by Crippen LogP contribution is -2.25. The van der Waals surface area contributed by atoms with Gasteiger partial charge in [-0.2, -0.15) is 0 Å². The van der Waals surface area contributed by atoms with Crippen molar-refractivity contribution in [3.63, 3.8) is 0 Å². The quantitative estimate of drug-likeness (QED) is 0.699. The largest absolute Gasteiger partial charge is 0.328 e. The zero-order chi connectivity index (χ0) is 12.0. The molecule has 92 valence electrons. The Hall–Kier alpha value is -0.990. The second kappa shape index (κ2) is 6.56. The molecule has 1 aromatic rings. The highest BCUT2D eigenvalue weighted by atomic mass is 16.1. The van der Waals surface area contributed by atoms with Crippen LogP contribution in [0.3, 0.4) is 0 Å². The normalized spacial score (nSPS) is 10.9. The van der Waals surface area contributed by atoms with Gasteiger partial charge in [0.25, 0.3) is 0 Å². The molecule has 0 atom stereocenters. The van der Waals surface area contributed by atoms with E-state index in [0.29, 0.717) is 0 Å². The van der Waals surface area contributed by atoms with Crippen molar-refractivity contribution in [3.05, 3.63) is 22.4 Å². The van der Waals surface area contributed by atoms with Gasteiger partial charge >= 0.3 is 5.69 Å². The summed E-state index contributed by atoms with van der Waals surface area (Å²) >= 11 is 0. The summed E-state index contributed by atoms with van der Waals surface area (Å²) in [5.74, 6) is 0. The summed E-state index contributed by atoms with van der Waals surface area (Å²) in [6, 6.07) is 0. The Morgan fingerprint density at radius 3 is 2.25 bits per heavy atom. The summed E-state index contributed by atoms with van der Waals surface area (Å²) < 4.78 is 3.82. The van der Waals surface area contributed by atoms with Crippen molar-refractivity contribution >= 4 is 0 Å². The number of rotatable bonds is 7. The van der Waals surface area contributed by atoms with E-state index < -0.39 is 0 Å². The second-order valence-electron chi connectivity index (χ2n) is 4.31. The lowest BCUT2D eigenvalue weighted by Gasteiger charge is -2.03. The molecule has 0 bridgehead atoms. The molecule has 0 saturated carbocycles. The fourth-order valence-electron chi connectivity index (χ4n) is 1.91. The number of unbranched alkanes of at least 4 members (excludes halogenated alkanes) is 2. The summed E-state index contributed by atoms with van der Waals surface area (Å²) in [7, 11) is 0. The van der Waals surface area contributed by atoms with Crippen LogP contribution in [0.2, 0.25) is 0 Å². The summed E-state index contributed by atoms with van der Waals surface area (Å²) in [5.41, 5.74) is 1.35. The molecule has 0 N–H and O–H groups in total. The highest BCUT2D eigenvalue weighted by Crippen LogP contribution is 2.03. The lowest BCUT2D eigenvalue weighted by atomic mass is 10.3. The van der Waals surface area contributed by atoms with E-state index in [1.54, 1.807) is 0 Å². The first-order valence-corrected chi connectivity index (χ1v) is 6.53. The first-order valence-electron chi connectivity index (χ1n) is 6.53. The van der Waals surface area contributed by atoms with E-state index in [9.17, 15) is 4.79 Å².